The van der Waals surface area contributed by atoms with Crippen LogP contribution >= 0.6 is 0 Å². The Morgan fingerprint density at radius 1 is 0.957 bits per heavy atom. The predicted molar refractivity (Wildman–Crippen MR) is 80.9 cm³/mol. The highest BCUT2D eigenvalue weighted by Crippen LogP contribution is 2.29. The number of rotatable bonds is 5. The Kier molecular flexibility index (Phi) is 4.57. The fourth-order valence-electron chi connectivity index (χ4n) is 2.01. The third kappa shape index (κ3) is 3.43. The Hall–Kier alpha value is -2.58. The number of benzene rings is 2. The molecule has 0 saturated carbocycles. The van der Waals surface area contributed by atoms with Crippen molar-refractivity contribution in [2.45, 2.75) is 4.90 Å². The molecule has 23 heavy (non-hydrogen) atoms. The molecule has 2 rings (SSSR count). The quantitative estimate of drug-likeness (QED) is 0.632. The van der Waals surface area contributed by atoms with E-state index in [0.717, 1.165) is 6.07 Å². The molecule has 0 spiro atoms. The van der Waals surface area contributed by atoms with Crippen molar-refractivity contribution in [2.75, 3.05) is 14.2 Å². The van der Waals surface area contributed by atoms with Gasteiger partial charge in [0, 0.05) is 17.7 Å². The lowest BCUT2D eigenvalue weighted by atomic mass is 10.0. The van der Waals surface area contributed by atoms with Gasteiger partial charge in [0.15, 0.2) is 5.78 Å². The van der Waals surface area contributed by atoms with Gasteiger partial charge in [-0.15, -0.1) is 0 Å². The number of phenolic OH excluding ortho intramolecular Hbond substituents is 1. The molecule has 0 bridgehead atoms. The molecular formula is C15H14O7S. The molecule has 2 aromatic carbocycles. The van der Waals surface area contributed by atoms with Gasteiger partial charge in [0.25, 0.3) is 10.1 Å². The van der Waals surface area contributed by atoms with E-state index in [0.29, 0.717) is 5.75 Å². The third-order valence-corrected chi connectivity index (χ3v) is 4.05. The molecule has 2 aromatic rings. The normalized spacial score (nSPS) is 11.1. The van der Waals surface area contributed by atoms with Crippen molar-refractivity contribution in [3.8, 4) is 17.2 Å². The summed E-state index contributed by atoms with van der Waals surface area (Å²) in [5, 5.41) is 9.91. The first-order valence-electron chi connectivity index (χ1n) is 6.35. The van der Waals surface area contributed by atoms with Crippen LogP contribution in [-0.4, -0.2) is 38.1 Å². The molecule has 0 aliphatic heterocycles. The molecule has 0 aliphatic rings. The van der Waals surface area contributed by atoms with Crippen LogP contribution in [0.5, 0.6) is 17.2 Å². The highest BCUT2D eigenvalue weighted by molar-refractivity contribution is 7.86. The number of phenols is 1. The standard InChI is InChI=1S/C15H14O7S/c1-21-9-3-5-11(13(16)7-9)15(17)12-6-4-10(22-2)8-14(12)23(18,19)20/h3-8,16H,1-2H3,(H,18,19,20). The zero-order chi connectivity index (χ0) is 17.2. The molecule has 0 aromatic heterocycles. The van der Waals surface area contributed by atoms with E-state index in [9.17, 15) is 22.9 Å². The SMILES string of the molecule is COc1ccc(C(=O)c2ccc(OC)cc2S(=O)(=O)O)c(O)c1. The monoisotopic (exact) mass is 338 g/mol. The number of hydrogen-bond donors (Lipinski definition) is 2. The van der Waals surface area contributed by atoms with Crippen LogP contribution in [-0.2, 0) is 10.1 Å². The molecule has 0 saturated heterocycles. The smallest absolute Gasteiger partial charge is 0.295 e. The minimum absolute atomic E-state index is 0.124. The van der Waals surface area contributed by atoms with Crippen molar-refractivity contribution in [1.82, 2.24) is 0 Å². The Balaban J connectivity index is 2.60. The molecule has 0 amide bonds. The van der Waals surface area contributed by atoms with E-state index in [1.54, 1.807) is 0 Å². The van der Waals surface area contributed by atoms with Crippen molar-refractivity contribution in [3.05, 3.63) is 47.5 Å². The van der Waals surface area contributed by atoms with Crippen LogP contribution < -0.4 is 9.47 Å². The van der Waals surface area contributed by atoms with E-state index in [2.05, 4.69) is 0 Å². The molecular weight excluding hydrogens is 324 g/mol. The summed E-state index contributed by atoms with van der Waals surface area (Å²) in [7, 11) is -1.93. The van der Waals surface area contributed by atoms with Crippen molar-refractivity contribution in [2.24, 2.45) is 0 Å². The molecule has 0 fully saturated rings. The summed E-state index contributed by atoms with van der Waals surface area (Å²) in [6.07, 6.45) is 0. The van der Waals surface area contributed by atoms with E-state index >= 15 is 0 Å². The van der Waals surface area contributed by atoms with E-state index in [1.165, 1.54) is 44.6 Å². The summed E-state index contributed by atoms with van der Waals surface area (Å²) in [6, 6.07) is 7.58. The van der Waals surface area contributed by atoms with Crippen LogP contribution in [0.2, 0.25) is 0 Å². The molecule has 2 N–H and O–H groups in total. The second-order valence-electron chi connectivity index (χ2n) is 4.55. The molecule has 0 radical (unpaired) electrons. The fraction of sp³-hybridized carbons (Fsp3) is 0.133. The van der Waals surface area contributed by atoms with Gasteiger partial charge in [0.05, 0.1) is 19.8 Å². The minimum Gasteiger partial charge on any atom is -0.507 e. The summed E-state index contributed by atoms with van der Waals surface area (Å²) in [5.41, 5.74) is -0.408. The second-order valence-corrected chi connectivity index (χ2v) is 5.94. The number of hydrogen-bond acceptors (Lipinski definition) is 6. The lowest BCUT2D eigenvalue weighted by molar-refractivity contribution is 0.103. The molecule has 0 aliphatic carbocycles. The Bertz CT molecular complexity index is 856. The summed E-state index contributed by atoms with van der Waals surface area (Å²) in [6.45, 7) is 0. The number of ether oxygens (including phenoxy) is 2. The van der Waals surface area contributed by atoms with Crippen molar-refractivity contribution < 1.29 is 32.3 Å². The first kappa shape index (κ1) is 16.8. The predicted octanol–water partition coefficient (Wildman–Crippen LogP) is 1.89. The highest BCUT2D eigenvalue weighted by atomic mass is 32.2. The number of carbonyl (C=O) groups excluding carboxylic acids is 1. The van der Waals surface area contributed by atoms with Crippen molar-refractivity contribution in [1.29, 1.82) is 0 Å². The van der Waals surface area contributed by atoms with Crippen LogP contribution in [0.25, 0.3) is 0 Å². The van der Waals surface area contributed by atoms with Gasteiger partial charge in [-0.2, -0.15) is 8.42 Å². The highest BCUT2D eigenvalue weighted by Gasteiger charge is 2.24. The fourth-order valence-corrected chi connectivity index (χ4v) is 2.71. The number of aromatic hydroxyl groups is 1. The van der Waals surface area contributed by atoms with Gasteiger partial charge in [-0.05, 0) is 24.3 Å². The third-order valence-electron chi connectivity index (χ3n) is 3.16. The maximum absolute atomic E-state index is 12.5. The molecule has 122 valence electrons. The first-order chi connectivity index (χ1) is 10.8. The van der Waals surface area contributed by atoms with Crippen LogP contribution in [0.15, 0.2) is 41.3 Å². The maximum atomic E-state index is 12.5. The van der Waals surface area contributed by atoms with Crippen LogP contribution in [0, 0.1) is 0 Å². The molecule has 7 nitrogen and oxygen atoms in total. The van der Waals surface area contributed by atoms with Crippen LogP contribution in [0.1, 0.15) is 15.9 Å². The maximum Gasteiger partial charge on any atom is 0.295 e. The van der Waals surface area contributed by atoms with Crippen LogP contribution in [0.3, 0.4) is 0 Å². The van der Waals surface area contributed by atoms with E-state index in [1.807, 2.05) is 0 Å². The topological polar surface area (TPSA) is 110 Å². The van der Waals surface area contributed by atoms with Gasteiger partial charge in [-0.1, -0.05) is 0 Å². The Morgan fingerprint density at radius 2 is 1.48 bits per heavy atom. The van der Waals surface area contributed by atoms with Crippen molar-refractivity contribution >= 4 is 15.9 Å². The minimum atomic E-state index is -4.65. The Labute approximate surface area is 132 Å². The summed E-state index contributed by atoms with van der Waals surface area (Å²) in [5.74, 6) is -0.635. The van der Waals surface area contributed by atoms with Gasteiger partial charge < -0.3 is 14.6 Å². The first-order valence-corrected chi connectivity index (χ1v) is 7.79. The summed E-state index contributed by atoms with van der Waals surface area (Å²) in [4.78, 5) is 11.9. The van der Waals surface area contributed by atoms with Gasteiger partial charge in [0.2, 0.25) is 0 Å². The molecule has 0 atom stereocenters. The van der Waals surface area contributed by atoms with Gasteiger partial charge >= 0.3 is 0 Å². The molecule has 0 unspecified atom stereocenters. The zero-order valence-electron chi connectivity index (χ0n) is 12.3. The second kappa shape index (κ2) is 6.27. The Morgan fingerprint density at radius 3 is 1.96 bits per heavy atom. The van der Waals surface area contributed by atoms with Gasteiger partial charge in [-0.3, -0.25) is 9.35 Å². The van der Waals surface area contributed by atoms with Gasteiger partial charge in [0.1, 0.15) is 22.1 Å². The number of methoxy groups -OCH3 is 2. The zero-order valence-corrected chi connectivity index (χ0v) is 13.1. The number of ketones is 1. The molecule has 0 heterocycles. The molecule has 8 heteroatoms. The van der Waals surface area contributed by atoms with Gasteiger partial charge in [-0.25, -0.2) is 0 Å². The largest absolute Gasteiger partial charge is 0.507 e. The van der Waals surface area contributed by atoms with Crippen LogP contribution in [0.4, 0.5) is 0 Å². The van der Waals surface area contributed by atoms with Crippen molar-refractivity contribution in [3.63, 3.8) is 0 Å². The summed E-state index contributed by atoms with van der Waals surface area (Å²) < 4.78 is 42.1. The van der Waals surface area contributed by atoms with E-state index < -0.39 is 20.8 Å². The number of carbonyl (C=O) groups is 1. The average Bonchev–Trinajstić information content (AvgIpc) is 2.52. The lowest BCUT2D eigenvalue weighted by Crippen LogP contribution is -2.10. The van der Waals surface area contributed by atoms with E-state index in [-0.39, 0.29) is 22.6 Å². The lowest BCUT2D eigenvalue weighted by Gasteiger charge is -2.10. The summed E-state index contributed by atoms with van der Waals surface area (Å²) >= 11 is 0. The van der Waals surface area contributed by atoms with E-state index in [4.69, 9.17) is 9.47 Å². The average molecular weight is 338 g/mol.